The average molecular weight is 611 g/mol. The van der Waals surface area contributed by atoms with Crippen molar-refractivity contribution in [2.45, 2.75) is 49.9 Å². The molecule has 0 aliphatic heterocycles. The molecule has 0 spiro atoms. The van der Waals surface area contributed by atoms with E-state index in [4.69, 9.17) is 5.73 Å². The molecule has 1 heterocycles. The van der Waals surface area contributed by atoms with Gasteiger partial charge in [0.15, 0.2) is 0 Å². The quantitative estimate of drug-likeness (QED) is 0.123. The van der Waals surface area contributed by atoms with Crippen LogP contribution in [0.15, 0.2) is 60.8 Å². The van der Waals surface area contributed by atoms with Crippen LogP contribution in [-0.2, 0) is 36.8 Å². The monoisotopic (exact) mass is 610 g/mol. The summed E-state index contributed by atoms with van der Waals surface area (Å²) in [5.41, 5.74) is 8.75. The highest BCUT2D eigenvalue weighted by atomic mass is 32.2. The lowest BCUT2D eigenvalue weighted by Gasteiger charge is -2.25. The first-order chi connectivity index (χ1) is 20.6. The number of nitrogens with two attached hydrogens (primary N) is 1. The predicted octanol–water partition coefficient (Wildman–Crippen LogP) is 0.709. The van der Waals surface area contributed by atoms with Crippen molar-refractivity contribution >= 4 is 52.3 Å². The van der Waals surface area contributed by atoms with E-state index < -0.39 is 60.2 Å². The van der Waals surface area contributed by atoms with Gasteiger partial charge in [-0.05, 0) is 42.0 Å². The number of carboxylic acid groups (broad SMARTS) is 1. The summed E-state index contributed by atoms with van der Waals surface area (Å²) < 4.78 is 0. The SMILES string of the molecule is CNC(=O)[C@@H](Cc1ccccc1)NC(=O)[C@@H](CC(=O)O)NC(=O)[C@@H](CCSC)NC(=O)C(N)Cc1c[nH]c2ccccc12. The van der Waals surface area contributed by atoms with Gasteiger partial charge in [-0.25, -0.2) is 0 Å². The number of likely N-dealkylation sites (N-methyl/N-ethyl adjacent to an activating group) is 1. The summed E-state index contributed by atoms with van der Waals surface area (Å²) in [6.07, 6.45) is 3.49. The summed E-state index contributed by atoms with van der Waals surface area (Å²) in [4.78, 5) is 66.9. The fourth-order valence-corrected chi connectivity index (χ4v) is 5.05. The number of H-pyrrole nitrogens is 1. The number of amides is 4. The van der Waals surface area contributed by atoms with E-state index in [1.807, 2.05) is 36.6 Å². The lowest BCUT2D eigenvalue weighted by atomic mass is 10.0. The molecule has 4 amide bonds. The molecule has 3 rings (SSSR count). The Balaban J connectivity index is 1.70. The van der Waals surface area contributed by atoms with Gasteiger partial charge in [0.05, 0.1) is 12.5 Å². The number of rotatable bonds is 16. The molecule has 0 fully saturated rings. The van der Waals surface area contributed by atoms with E-state index in [0.717, 1.165) is 22.0 Å². The van der Waals surface area contributed by atoms with Gasteiger partial charge in [-0.3, -0.25) is 24.0 Å². The minimum atomic E-state index is -1.50. The van der Waals surface area contributed by atoms with Gasteiger partial charge in [-0.1, -0.05) is 48.5 Å². The van der Waals surface area contributed by atoms with Crippen LogP contribution in [0, 0.1) is 0 Å². The van der Waals surface area contributed by atoms with E-state index in [1.165, 1.54) is 18.8 Å². The summed E-state index contributed by atoms with van der Waals surface area (Å²) in [6.45, 7) is 0. The standard InChI is InChI=1S/C30H38N6O6S/c1-32-28(40)24(14-18-8-4-3-5-9-18)35-30(42)25(16-26(37)38)36-29(41)23(12-13-43-2)34-27(39)21(31)15-19-17-33-22-11-7-6-10-20(19)22/h3-11,17,21,23-25,33H,12-16,31H2,1-2H3,(H,32,40)(H,34,39)(H,35,42)(H,36,41)(H,37,38)/t21?,23-,24-,25-/m1/s1. The highest BCUT2D eigenvalue weighted by Crippen LogP contribution is 2.19. The smallest absolute Gasteiger partial charge is 0.305 e. The van der Waals surface area contributed by atoms with E-state index in [0.29, 0.717) is 5.75 Å². The highest BCUT2D eigenvalue weighted by Gasteiger charge is 2.31. The maximum atomic E-state index is 13.3. The Morgan fingerprint density at radius 3 is 2.14 bits per heavy atom. The third-order valence-corrected chi connectivity index (χ3v) is 7.51. The molecule has 8 N–H and O–H groups in total. The van der Waals surface area contributed by atoms with Crippen LogP contribution in [0.5, 0.6) is 0 Å². The molecule has 0 aliphatic rings. The van der Waals surface area contributed by atoms with Crippen molar-refractivity contribution in [1.82, 2.24) is 26.3 Å². The number of hydrogen-bond donors (Lipinski definition) is 7. The van der Waals surface area contributed by atoms with Crippen molar-refractivity contribution in [3.8, 4) is 0 Å². The van der Waals surface area contributed by atoms with Gasteiger partial charge in [0, 0.05) is 30.6 Å². The maximum absolute atomic E-state index is 13.3. The number of para-hydroxylation sites is 1. The molecule has 12 nitrogen and oxygen atoms in total. The number of aromatic amines is 1. The summed E-state index contributed by atoms with van der Waals surface area (Å²) in [5.74, 6) is -3.44. The van der Waals surface area contributed by atoms with Crippen molar-refractivity contribution in [2.24, 2.45) is 5.73 Å². The van der Waals surface area contributed by atoms with E-state index in [2.05, 4.69) is 26.3 Å². The Kier molecular flexibility index (Phi) is 12.6. The summed E-state index contributed by atoms with van der Waals surface area (Å²) in [5, 5.41) is 20.6. The van der Waals surface area contributed by atoms with Crippen LogP contribution in [0.2, 0.25) is 0 Å². The molecule has 4 atom stereocenters. The van der Waals surface area contributed by atoms with Crippen molar-refractivity contribution in [3.63, 3.8) is 0 Å². The minimum Gasteiger partial charge on any atom is -0.481 e. The number of carbonyl (C=O) groups excluding carboxylic acids is 4. The molecule has 0 bridgehead atoms. The van der Waals surface area contributed by atoms with Gasteiger partial charge in [-0.2, -0.15) is 11.8 Å². The molecule has 43 heavy (non-hydrogen) atoms. The van der Waals surface area contributed by atoms with Gasteiger partial charge in [0.2, 0.25) is 23.6 Å². The summed E-state index contributed by atoms with van der Waals surface area (Å²) in [7, 11) is 1.42. The number of nitrogens with one attached hydrogen (secondary N) is 5. The molecule has 1 unspecified atom stereocenters. The van der Waals surface area contributed by atoms with Crippen LogP contribution in [-0.4, -0.2) is 82.9 Å². The lowest BCUT2D eigenvalue weighted by molar-refractivity contribution is -0.141. The number of carbonyl (C=O) groups is 5. The first kappa shape index (κ1) is 33.1. The second kappa shape index (κ2) is 16.3. The second-order valence-electron chi connectivity index (χ2n) is 10.0. The number of fused-ring (bicyclic) bond motifs is 1. The Labute approximate surface area is 253 Å². The van der Waals surface area contributed by atoms with Gasteiger partial charge in [-0.15, -0.1) is 0 Å². The number of aromatic nitrogens is 1. The number of benzene rings is 2. The topological polar surface area (TPSA) is 196 Å². The summed E-state index contributed by atoms with van der Waals surface area (Å²) in [6, 6.07) is 12.0. The molecule has 13 heteroatoms. The van der Waals surface area contributed by atoms with Crippen LogP contribution >= 0.6 is 11.8 Å². The summed E-state index contributed by atoms with van der Waals surface area (Å²) >= 11 is 1.45. The fourth-order valence-electron chi connectivity index (χ4n) is 4.58. The average Bonchev–Trinajstić information content (AvgIpc) is 3.40. The van der Waals surface area contributed by atoms with Crippen molar-refractivity contribution in [3.05, 3.63) is 71.9 Å². The molecule has 0 saturated carbocycles. The Hall–Kier alpha value is -4.36. The fraction of sp³-hybridized carbons (Fsp3) is 0.367. The Bertz CT molecular complexity index is 1410. The predicted molar refractivity (Wildman–Crippen MR) is 165 cm³/mol. The van der Waals surface area contributed by atoms with E-state index in [9.17, 15) is 29.1 Å². The van der Waals surface area contributed by atoms with Crippen LogP contribution in [0.4, 0.5) is 0 Å². The van der Waals surface area contributed by atoms with Gasteiger partial charge in [0.25, 0.3) is 0 Å². The molecule has 0 saturated heterocycles. The normalized spacial score (nSPS) is 13.7. The number of aliphatic carboxylic acids is 1. The third-order valence-electron chi connectivity index (χ3n) is 6.87. The molecule has 3 aromatic rings. The second-order valence-corrected chi connectivity index (χ2v) is 11.0. The zero-order chi connectivity index (χ0) is 31.4. The van der Waals surface area contributed by atoms with Crippen LogP contribution in [0.1, 0.15) is 24.0 Å². The largest absolute Gasteiger partial charge is 0.481 e. The zero-order valence-corrected chi connectivity index (χ0v) is 24.9. The van der Waals surface area contributed by atoms with Crippen molar-refractivity contribution in [2.75, 3.05) is 19.1 Å². The zero-order valence-electron chi connectivity index (χ0n) is 24.1. The molecule has 1 aromatic heterocycles. The van der Waals surface area contributed by atoms with Gasteiger partial charge in [0.1, 0.15) is 18.1 Å². The van der Waals surface area contributed by atoms with Crippen LogP contribution in [0.25, 0.3) is 10.9 Å². The number of carboxylic acids is 1. The van der Waals surface area contributed by atoms with Crippen molar-refractivity contribution in [1.29, 1.82) is 0 Å². The van der Waals surface area contributed by atoms with Gasteiger partial charge < -0.3 is 37.1 Å². The van der Waals surface area contributed by atoms with Crippen LogP contribution in [0.3, 0.4) is 0 Å². The molecule has 230 valence electrons. The molecule has 0 aliphatic carbocycles. The molecule has 2 aromatic carbocycles. The number of thioether (sulfide) groups is 1. The van der Waals surface area contributed by atoms with Crippen LogP contribution < -0.4 is 27.0 Å². The highest BCUT2D eigenvalue weighted by molar-refractivity contribution is 7.98. The van der Waals surface area contributed by atoms with Gasteiger partial charge >= 0.3 is 5.97 Å². The van der Waals surface area contributed by atoms with E-state index >= 15 is 0 Å². The third kappa shape index (κ3) is 9.86. The lowest BCUT2D eigenvalue weighted by Crippen LogP contribution is -2.58. The molecule has 0 radical (unpaired) electrons. The van der Waals surface area contributed by atoms with E-state index in [-0.39, 0.29) is 19.3 Å². The number of hydrogen-bond acceptors (Lipinski definition) is 7. The minimum absolute atomic E-state index is 0.153. The Morgan fingerprint density at radius 2 is 1.47 bits per heavy atom. The molecular weight excluding hydrogens is 572 g/mol. The molecular formula is C30H38N6O6S. The first-order valence-corrected chi connectivity index (χ1v) is 15.2. The maximum Gasteiger partial charge on any atom is 0.305 e. The first-order valence-electron chi connectivity index (χ1n) is 13.8. The Morgan fingerprint density at radius 1 is 0.837 bits per heavy atom. The van der Waals surface area contributed by atoms with E-state index in [1.54, 1.807) is 30.5 Å². The van der Waals surface area contributed by atoms with Crippen molar-refractivity contribution < 1.29 is 29.1 Å².